The van der Waals surface area contributed by atoms with Crippen molar-refractivity contribution in [2.45, 2.75) is 36.8 Å². The van der Waals surface area contributed by atoms with E-state index in [9.17, 15) is 14.4 Å². The van der Waals surface area contributed by atoms with Crippen LogP contribution in [0, 0.1) is 0 Å². The number of carbonyl (C=O) groups is 3. The molecule has 3 N–H and O–H groups in total. The number of rotatable bonds is 13. The van der Waals surface area contributed by atoms with Crippen LogP contribution >= 0.6 is 23.4 Å². The van der Waals surface area contributed by atoms with E-state index in [-0.39, 0.29) is 11.6 Å². The molecule has 0 aliphatic heterocycles. The highest BCUT2D eigenvalue weighted by atomic mass is 35.5. The van der Waals surface area contributed by atoms with Crippen molar-refractivity contribution in [3.05, 3.63) is 125 Å². The molecule has 1 unspecified atom stereocenters. The molecule has 0 saturated heterocycles. The lowest BCUT2D eigenvalue weighted by Gasteiger charge is -2.14. The quantitative estimate of drug-likeness (QED) is 0.0792. The van der Waals surface area contributed by atoms with E-state index in [1.807, 2.05) is 43.3 Å². The van der Waals surface area contributed by atoms with Crippen LogP contribution in [0.2, 0.25) is 5.02 Å². The second kappa shape index (κ2) is 16.4. The molecule has 4 aromatic carbocycles. The van der Waals surface area contributed by atoms with Crippen molar-refractivity contribution in [1.82, 2.24) is 5.32 Å². The van der Waals surface area contributed by atoms with Crippen molar-refractivity contribution < 1.29 is 19.1 Å². The van der Waals surface area contributed by atoms with Gasteiger partial charge in [0.2, 0.25) is 5.91 Å². The fraction of sp³-hybridized carbons (Fsp3) is 0.171. The first-order valence-corrected chi connectivity index (χ1v) is 15.5. The smallest absolute Gasteiger partial charge is 0.272 e. The van der Waals surface area contributed by atoms with Gasteiger partial charge in [0, 0.05) is 26.9 Å². The lowest BCUT2D eigenvalue weighted by Crippen LogP contribution is -2.30. The molecule has 0 aliphatic carbocycles. The Kier molecular flexibility index (Phi) is 12.0. The van der Waals surface area contributed by atoms with Crippen LogP contribution in [0.4, 0.5) is 11.4 Å². The maximum Gasteiger partial charge on any atom is 0.272 e. The highest BCUT2D eigenvalue weighted by Gasteiger charge is 2.17. The second-order valence-electron chi connectivity index (χ2n) is 9.89. The molecule has 226 valence electrons. The monoisotopic (exact) mass is 627 g/mol. The lowest BCUT2D eigenvalue weighted by molar-refractivity contribution is -0.115. The number of halogens is 1. The standard InChI is InChI=1S/C35H34ClN3O4S/c1-3-4-20-43-30-18-16-28(17-19-30)37-33(40)24(2)44-31-15-9-14-29(23-31)38-35(42)32(22-25-10-8-13-27(36)21-25)39-34(41)26-11-6-5-7-12-26/h5-19,21-24H,3-4,20H2,1-2H3,(H,37,40)(H,38,42)(H,39,41)/b32-22-. The highest BCUT2D eigenvalue weighted by molar-refractivity contribution is 8.00. The summed E-state index contributed by atoms with van der Waals surface area (Å²) in [5.41, 5.74) is 2.31. The largest absolute Gasteiger partial charge is 0.494 e. The molecule has 3 amide bonds. The lowest BCUT2D eigenvalue weighted by atomic mass is 10.1. The van der Waals surface area contributed by atoms with Gasteiger partial charge in [0.15, 0.2) is 0 Å². The Bertz CT molecular complexity index is 1610. The molecular formula is C35H34ClN3O4S. The molecule has 0 aromatic heterocycles. The molecule has 4 aromatic rings. The number of nitrogens with one attached hydrogen (secondary N) is 3. The molecule has 0 bridgehead atoms. The van der Waals surface area contributed by atoms with E-state index in [0.717, 1.165) is 23.5 Å². The third-order valence-corrected chi connectivity index (χ3v) is 7.68. The van der Waals surface area contributed by atoms with Crippen molar-refractivity contribution in [1.29, 1.82) is 0 Å². The zero-order chi connectivity index (χ0) is 31.3. The zero-order valence-electron chi connectivity index (χ0n) is 24.5. The van der Waals surface area contributed by atoms with Crippen LogP contribution in [0.3, 0.4) is 0 Å². The predicted molar refractivity (Wildman–Crippen MR) is 179 cm³/mol. The number of carbonyl (C=O) groups excluding carboxylic acids is 3. The number of amides is 3. The average Bonchev–Trinajstić information content (AvgIpc) is 3.02. The summed E-state index contributed by atoms with van der Waals surface area (Å²) in [5.74, 6) is -0.316. The number of ether oxygens (including phenoxy) is 1. The predicted octanol–water partition coefficient (Wildman–Crippen LogP) is 8.05. The summed E-state index contributed by atoms with van der Waals surface area (Å²) in [6, 6.07) is 30.1. The normalized spacial score (nSPS) is 11.8. The fourth-order valence-electron chi connectivity index (χ4n) is 4.02. The van der Waals surface area contributed by atoms with Crippen LogP contribution in [0.25, 0.3) is 6.08 Å². The summed E-state index contributed by atoms with van der Waals surface area (Å²) in [7, 11) is 0. The van der Waals surface area contributed by atoms with E-state index in [0.29, 0.717) is 34.1 Å². The Balaban J connectivity index is 1.41. The van der Waals surface area contributed by atoms with Crippen LogP contribution in [0.15, 0.2) is 114 Å². The van der Waals surface area contributed by atoms with Crippen LogP contribution in [0.1, 0.15) is 42.6 Å². The minimum Gasteiger partial charge on any atom is -0.494 e. The Morgan fingerprint density at radius 3 is 2.34 bits per heavy atom. The molecule has 0 heterocycles. The first kappa shape index (κ1) is 32.4. The van der Waals surface area contributed by atoms with E-state index in [1.54, 1.807) is 72.8 Å². The summed E-state index contributed by atoms with van der Waals surface area (Å²) in [6.07, 6.45) is 3.62. The van der Waals surface area contributed by atoms with Crippen molar-refractivity contribution in [2.24, 2.45) is 0 Å². The van der Waals surface area contributed by atoms with Crippen molar-refractivity contribution >= 4 is 58.5 Å². The second-order valence-corrected chi connectivity index (χ2v) is 11.7. The number of unbranched alkanes of at least 4 members (excludes halogenated alkanes) is 1. The van der Waals surface area contributed by atoms with Crippen LogP contribution in [-0.2, 0) is 9.59 Å². The Labute approximate surface area is 267 Å². The Morgan fingerprint density at radius 1 is 0.864 bits per heavy atom. The number of hydrogen-bond acceptors (Lipinski definition) is 5. The fourth-order valence-corrected chi connectivity index (χ4v) is 5.15. The molecule has 0 saturated carbocycles. The molecular weight excluding hydrogens is 594 g/mol. The van der Waals surface area contributed by atoms with Gasteiger partial charge in [-0.05, 0) is 91.7 Å². The van der Waals surface area contributed by atoms with Crippen LogP contribution < -0.4 is 20.7 Å². The van der Waals surface area contributed by atoms with E-state index < -0.39 is 17.1 Å². The zero-order valence-corrected chi connectivity index (χ0v) is 26.1. The molecule has 9 heteroatoms. The summed E-state index contributed by atoms with van der Waals surface area (Å²) in [6.45, 7) is 4.59. The van der Waals surface area contributed by atoms with Gasteiger partial charge in [-0.3, -0.25) is 14.4 Å². The van der Waals surface area contributed by atoms with Crippen LogP contribution in [-0.4, -0.2) is 29.6 Å². The van der Waals surface area contributed by atoms with Gasteiger partial charge in [0.1, 0.15) is 11.4 Å². The molecule has 44 heavy (non-hydrogen) atoms. The highest BCUT2D eigenvalue weighted by Crippen LogP contribution is 2.27. The van der Waals surface area contributed by atoms with Gasteiger partial charge in [-0.25, -0.2) is 0 Å². The summed E-state index contributed by atoms with van der Waals surface area (Å²) in [4.78, 5) is 40.0. The third kappa shape index (κ3) is 10.0. The summed E-state index contributed by atoms with van der Waals surface area (Å²) >= 11 is 7.50. The summed E-state index contributed by atoms with van der Waals surface area (Å²) in [5, 5.41) is 8.61. The van der Waals surface area contributed by atoms with Gasteiger partial charge in [0.25, 0.3) is 11.8 Å². The average molecular weight is 628 g/mol. The Hall–Kier alpha value is -4.53. The molecule has 1 atom stereocenters. The minimum absolute atomic E-state index is 0.0497. The van der Waals surface area contributed by atoms with Crippen molar-refractivity contribution in [3.63, 3.8) is 0 Å². The molecule has 0 aliphatic rings. The van der Waals surface area contributed by atoms with Gasteiger partial charge < -0.3 is 20.7 Å². The number of anilines is 2. The third-order valence-electron chi connectivity index (χ3n) is 6.35. The molecule has 0 fully saturated rings. The SMILES string of the molecule is CCCCOc1ccc(NC(=O)C(C)Sc2cccc(NC(=O)/C(=C/c3cccc(Cl)c3)NC(=O)c3ccccc3)c2)cc1. The van der Waals surface area contributed by atoms with Gasteiger partial charge in [0.05, 0.1) is 11.9 Å². The van der Waals surface area contributed by atoms with Crippen molar-refractivity contribution in [2.75, 3.05) is 17.2 Å². The van der Waals surface area contributed by atoms with Gasteiger partial charge in [-0.2, -0.15) is 0 Å². The van der Waals surface area contributed by atoms with E-state index in [4.69, 9.17) is 16.3 Å². The molecule has 0 radical (unpaired) electrons. The minimum atomic E-state index is -0.510. The maximum absolute atomic E-state index is 13.4. The van der Waals surface area contributed by atoms with Crippen LogP contribution in [0.5, 0.6) is 5.75 Å². The number of benzene rings is 4. The maximum atomic E-state index is 13.4. The Morgan fingerprint density at radius 2 is 1.61 bits per heavy atom. The van der Waals surface area contributed by atoms with E-state index >= 15 is 0 Å². The molecule has 7 nitrogen and oxygen atoms in total. The van der Waals surface area contributed by atoms with E-state index in [2.05, 4.69) is 22.9 Å². The number of hydrogen-bond donors (Lipinski definition) is 3. The van der Waals surface area contributed by atoms with Gasteiger partial charge in [-0.15, -0.1) is 11.8 Å². The van der Waals surface area contributed by atoms with E-state index in [1.165, 1.54) is 11.8 Å². The number of thioether (sulfide) groups is 1. The summed E-state index contributed by atoms with van der Waals surface area (Å²) < 4.78 is 5.68. The topological polar surface area (TPSA) is 96.5 Å². The van der Waals surface area contributed by atoms with Gasteiger partial charge >= 0.3 is 0 Å². The van der Waals surface area contributed by atoms with Crippen molar-refractivity contribution in [3.8, 4) is 5.75 Å². The first-order chi connectivity index (χ1) is 21.3. The van der Waals surface area contributed by atoms with Gasteiger partial charge in [-0.1, -0.05) is 61.3 Å². The first-order valence-electron chi connectivity index (χ1n) is 14.3. The molecule has 4 rings (SSSR count). The molecule has 0 spiro atoms.